The number of carbonyl (C=O) groups excluding carboxylic acids is 3. The predicted molar refractivity (Wildman–Crippen MR) is 180 cm³/mol. The van der Waals surface area contributed by atoms with Gasteiger partial charge in [-0.3, -0.25) is 25.0 Å². The number of pyridine rings is 2. The molecule has 3 N–H and O–H groups in total. The van der Waals surface area contributed by atoms with Crippen molar-refractivity contribution in [2.75, 3.05) is 41.7 Å². The van der Waals surface area contributed by atoms with E-state index in [1.165, 1.54) is 29.6 Å². The number of nitrogens with zero attached hydrogens (tertiary/aromatic N) is 4. The highest BCUT2D eigenvalue weighted by molar-refractivity contribution is 6.16. The lowest BCUT2D eigenvalue weighted by Gasteiger charge is -2.40. The van der Waals surface area contributed by atoms with E-state index >= 15 is 0 Å². The Morgan fingerprint density at radius 1 is 0.980 bits per heavy atom. The summed E-state index contributed by atoms with van der Waals surface area (Å²) in [6, 6.07) is 2.16. The van der Waals surface area contributed by atoms with Gasteiger partial charge in [-0.1, -0.05) is 0 Å². The van der Waals surface area contributed by atoms with Gasteiger partial charge in [-0.2, -0.15) is 13.2 Å². The lowest BCUT2D eigenvalue weighted by Crippen LogP contribution is -2.54. The smallest absolute Gasteiger partial charge is 0.414 e. The lowest BCUT2D eigenvalue weighted by atomic mass is 9.93. The van der Waals surface area contributed by atoms with Gasteiger partial charge in [0.1, 0.15) is 28.5 Å². The third kappa shape index (κ3) is 9.98. The second-order valence-corrected chi connectivity index (χ2v) is 14.8. The molecule has 51 heavy (non-hydrogen) atoms. The number of amides is 3. The van der Waals surface area contributed by atoms with Gasteiger partial charge in [-0.15, -0.1) is 0 Å². The van der Waals surface area contributed by atoms with Gasteiger partial charge in [-0.05, 0) is 72.1 Å². The van der Waals surface area contributed by atoms with Crippen molar-refractivity contribution >= 4 is 46.5 Å². The van der Waals surface area contributed by atoms with Crippen molar-refractivity contribution in [2.24, 2.45) is 5.92 Å². The molecule has 0 saturated carbocycles. The number of rotatable bonds is 7. The quantitative estimate of drug-likeness (QED) is 0.226. The molecule has 2 aliphatic rings. The average Bonchev–Trinajstić information content (AvgIpc) is 3.56. The topological polar surface area (TPSA) is 151 Å². The summed E-state index contributed by atoms with van der Waals surface area (Å²) < 4.78 is 72.7. The molecule has 2 saturated heterocycles. The monoisotopic (exact) mass is 721 g/mol. The predicted octanol–water partition coefficient (Wildman–Crippen LogP) is 6.65. The molecule has 3 atom stereocenters. The highest BCUT2D eigenvalue weighted by Crippen LogP contribution is 2.38. The van der Waals surface area contributed by atoms with E-state index in [-0.39, 0.29) is 53.4 Å². The number of piperidine rings is 1. The number of nitrogens with one attached hydrogen (secondary N) is 3. The van der Waals surface area contributed by atoms with Crippen molar-refractivity contribution in [2.45, 2.75) is 90.5 Å². The highest BCUT2D eigenvalue weighted by Gasteiger charge is 2.45. The first-order valence-electron chi connectivity index (χ1n) is 16.6. The van der Waals surface area contributed by atoms with E-state index in [4.69, 9.17) is 13.9 Å². The summed E-state index contributed by atoms with van der Waals surface area (Å²) in [5, 5.41) is 7.73. The van der Waals surface area contributed by atoms with E-state index in [0.29, 0.717) is 25.1 Å². The summed E-state index contributed by atoms with van der Waals surface area (Å²) in [7, 11) is 0. The Labute approximate surface area is 292 Å². The zero-order valence-corrected chi connectivity index (χ0v) is 29.3. The van der Waals surface area contributed by atoms with E-state index in [9.17, 15) is 31.9 Å². The molecule has 3 aromatic rings. The summed E-state index contributed by atoms with van der Waals surface area (Å²) in [4.78, 5) is 51.2. The van der Waals surface area contributed by atoms with Crippen LogP contribution in [0, 0.1) is 5.92 Å². The van der Waals surface area contributed by atoms with E-state index in [0.717, 1.165) is 0 Å². The second kappa shape index (κ2) is 14.5. The Kier molecular flexibility index (Phi) is 10.7. The van der Waals surface area contributed by atoms with Crippen LogP contribution in [0.2, 0.25) is 0 Å². The fourth-order valence-electron chi connectivity index (χ4n) is 6.04. The van der Waals surface area contributed by atoms with Gasteiger partial charge in [0.2, 0.25) is 5.88 Å². The molecule has 3 amide bonds. The minimum absolute atomic E-state index is 0.0245. The molecule has 2 aliphatic heterocycles. The maximum Gasteiger partial charge on any atom is 0.414 e. The molecule has 0 radical (unpaired) electrons. The number of hydrogen-bond donors (Lipinski definition) is 3. The van der Waals surface area contributed by atoms with Gasteiger partial charge in [0, 0.05) is 45.1 Å². The minimum atomic E-state index is -4.58. The third-order valence-corrected chi connectivity index (χ3v) is 8.07. The number of carbonyl (C=O) groups is 3. The summed E-state index contributed by atoms with van der Waals surface area (Å²) in [6.45, 7) is 10.7. The maximum atomic E-state index is 14.1. The first-order valence-corrected chi connectivity index (χ1v) is 16.6. The standard InChI is InChI=1S/C34H43F4N7O6/c1-32(2,3)50-30(47)41-22-12-20(34(36,37)38)16-45(18-22)24-7-9-39-14-23(24)42-28(46)26-27-25(49-29(26)43-31(48)51-33(4,5)6)11-19(13-40-27)15-44-10-8-21(35)17-44/h7,9,11,13-14,20-22H,8,10,12,15-18H2,1-6H3,(H,41,47)(H,42,46)(H,43,48)/t20-,21+,22?/m1/s1. The SMILES string of the molecule is CC(C)(C)OC(=O)Nc1oc2cc(CN3CC[C@H](F)C3)cnc2c1C(=O)Nc1cnccc1N1CC(NC(=O)OC(C)(C)C)C[C@@H](C(F)(F)F)C1. The summed E-state index contributed by atoms with van der Waals surface area (Å²) in [6.07, 6.45) is -3.01. The minimum Gasteiger partial charge on any atom is -0.444 e. The van der Waals surface area contributed by atoms with Crippen molar-refractivity contribution in [3.63, 3.8) is 0 Å². The average molecular weight is 722 g/mol. The van der Waals surface area contributed by atoms with Crippen LogP contribution in [0.1, 0.15) is 70.3 Å². The number of furan rings is 1. The van der Waals surface area contributed by atoms with Crippen molar-refractivity contribution in [3.8, 4) is 0 Å². The second-order valence-electron chi connectivity index (χ2n) is 14.8. The van der Waals surface area contributed by atoms with Gasteiger partial charge in [-0.25, -0.2) is 14.0 Å². The van der Waals surface area contributed by atoms with Crippen molar-refractivity contribution < 1.29 is 45.8 Å². The number of alkyl halides is 4. The number of ether oxygens (including phenoxy) is 2. The van der Waals surface area contributed by atoms with Gasteiger partial charge in [0.05, 0.1) is 29.5 Å². The maximum absolute atomic E-state index is 14.1. The van der Waals surface area contributed by atoms with Crippen molar-refractivity contribution in [1.82, 2.24) is 20.2 Å². The van der Waals surface area contributed by atoms with Crippen LogP contribution in [0.5, 0.6) is 0 Å². The van der Waals surface area contributed by atoms with Gasteiger partial charge >= 0.3 is 18.4 Å². The number of halogens is 4. The van der Waals surface area contributed by atoms with Gasteiger partial charge in [0.25, 0.3) is 5.91 Å². The van der Waals surface area contributed by atoms with Crippen LogP contribution >= 0.6 is 0 Å². The summed E-state index contributed by atoms with van der Waals surface area (Å²) in [5.74, 6) is -2.88. The van der Waals surface area contributed by atoms with Gasteiger partial charge < -0.3 is 29.4 Å². The molecule has 0 spiro atoms. The van der Waals surface area contributed by atoms with E-state index in [1.807, 2.05) is 4.90 Å². The molecule has 5 heterocycles. The summed E-state index contributed by atoms with van der Waals surface area (Å²) >= 11 is 0. The van der Waals surface area contributed by atoms with Crippen LogP contribution < -0.4 is 20.9 Å². The largest absolute Gasteiger partial charge is 0.444 e. The lowest BCUT2D eigenvalue weighted by molar-refractivity contribution is -0.177. The molecule has 1 unspecified atom stereocenters. The van der Waals surface area contributed by atoms with E-state index in [2.05, 4.69) is 25.9 Å². The fourth-order valence-corrected chi connectivity index (χ4v) is 6.04. The molecular formula is C34H43F4N7O6. The first-order chi connectivity index (χ1) is 23.7. The first kappa shape index (κ1) is 37.6. The Hall–Kier alpha value is -4.67. The van der Waals surface area contributed by atoms with Gasteiger partial charge in [0.15, 0.2) is 5.58 Å². The molecule has 278 valence electrons. The Balaban J connectivity index is 1.44. The van der Waals surface area contributed by atoms with Crippen molar-refractivity contribution in [1.29, 1.82) is 0 Å². The van der Waals surface area contributed by atoms with Crippen molar-refractivity contribution in [3.05, 3.63) is 41.9 Å². The Morgan fingerprint density at radius 2 is 1.69 bits per heavy atom. The number of likely N-dealkylation sites (tertiary alicyclic amines) is 1. The molecular weight excluding hydrogens is 678 g/mol. The number of anilines is 3. The normalized spacial score (nSPS) is 20.3. The summed E-state index contributed by atoms with van der Waals surface area (Å²) in [5.41, 5.74) is -0.691. The zero-order chi connectivity index (χ0) is 37.3. The van der Waals surface area contributed by atoms with E-state index < -0.39 is 60.1 Å². The molecule has 17 heteroatoms. The number of fused-ring (bicyclic) bond motifs is 1. The molecule has 0 bridgehead atoms. The number of hydrogen-bond acceptors (Lipinski definition) is 10. The number of alkyl carbamates (subject to hydrolysis) is 1. The highest BCUT2D eigenvalue weighted by atomic mass is 19.4. The molecule has 0 aliphatic carbocycles. The fraction of sp³-hybridized carbons (Fsp3) is 0.559. The van der Waals surface area contributed by atoms with Crippen LogP contribution in [-0.4, -0.2) is 88.7 Å². The van der Waals surface area contributed by atoms with Crippen LogP contribution in [-0.2, 0) is 16.0 Å². The van der Waals surface area contributed by atoms with Crippen LogP contribution in [0.4, 0.5) is 44.4 Å². The molecule has 2 fully saturated rings. The van der Waals surface area contributed by atoms with Crippen LogP contribution in [0.15, 0.2) is 35.1 Å². The molecule has 13 nitrogen and oxygen atoms in total. The third-order valence-electron chi connectivity index (χ3n) is 8.07. The zero-order valence-electron chi connectivity index (χ0n) is 29.3. The molecule has 0 aromatic carbocycles. The molecule has 5 rings (SSSR count). The molecule has 3 aromatic heterocycles. The van der Waals surface area contributed by atoms with E-state index in [1.54, 1.807) is 47.6 Å². The van der Waals surface area contributed by atoms with Crippen LogP contribution in [0.3, 0.4) is 0 Å². The Bertz CT molecular complexity index is 1750. The van der Waals surface area contributed by atoms with Crippen LogP contribution in [0.25, 0.3) is 11.1 Å². The Morgan fingerprint density at radius 3 is 2.33 bits per heavy atom. The number of aromatic nitrogens is 2.